The summed E-state index contributed by atoms with van der Waals surface area (Å²) in [6.45, 7) is 1.65. The molecule has 0 aliphatic carbocycles. The van der Waals surface area contributed by atoms with Crippen LogP contribution in [0.2, 0.25) is 0 Å². The highest BCUT2D eigenvalue weighted by atomic mass is 35.5. The molecule has 4 heteroatoms. The SMILES string of the molecule is C[NH2+]C(=CC(C)=N)CC(=O)Cl. The van der Waals surface area contributed by atoms with Gasteiger partial charge in [0, 0.05) is 11.8 Å². The molecule has 0 aliphatic rings. The number of carbonyl (C=O) groups is 1. The van der Waals surface area contributed by atoms with Gasteiger partial charge in [0.25, 0.3) is 0 Å². The van der Waals surface area contributed by atoms with Crippen molar-refractivity contribution >= 4 is 22.6 Å². The van der Waals surface area contributed by atoms with E-state index in [2.05, 4.69) is 0 Å². The zero-order chi connectivity index (χ0) is 8.85. The summed E-state index contributed by atoms with van der Waals surface area (Å²) in [6, 6.07) is 0. The van der Waals surface area contributed by atoms with Gasteiger partial charge in [0.15, 0.2) is 0 Å². The van der Waals surface area contributed by atoms with Crippen LogP contribution in [0.1, 0.15) is 13.3 Å². The van der Waals surface area contributed by atoms with Gasteiger partial charge < -0.3 is 10.7 Å². The fraction of sp³-hybridized carbons (Fsp3) is 0.429. The largest absolute Gasteiger partial charge is 0.319 e. The zero-order valence-electron chi connectivity index (χ0n) is 6.65. The lowest BCUT2D eigenvalue weighted by Gasteiger charge is -1.96. The summed E-state index contributed by atoms with van der Waals surface area (Å²) in [5.74, 6) is 0. The lowest BCUT2D eigenvalue weighted by Crippen LogP contribution is -2.77. The van der Waals surface area contributed by atoms with Crippen LogP contribution >= 0.6 is 11.6 Å². The van der Waals surface area contributed by atoms with Gasteiger partial charge in [-0.25, -0.2) is 0 Å². The Balaban J connectivity index is 4.16. The second kappa shape index (κ2) is 5.04. The lowest BCUT2D eigenvalue weighted by molar-refractivity contribution is -0.577. The Morgan fingerprint density at radius 2 is 2.27 bits per heavy atom. The smallest absolute Gasteiger partial charge is 0.231 e. The molecule has 62 valence electrons. The standard InChI is InChI=1S/C7H11ClN2O/c1-5(9)3-6(10-2)4-7(8)11/h3,9-10H,4H2,1-2H3/p+1. The Hall–Kier alpha value is -0.670. The van der Waals surface area contributed by atoms with Gasteiger partial charge >= 0.3 is 0 Å². The number of allylic oxidation sites excluding steroid dienone is 2. The van der Waals surface area contributed by atoms with E-state index >= 15 is 0 Å². The van der Waals surface area contributed by atoms with E-state index in [0.717, 1.165) is 5.70 Å². The highest BCUT2D eigenvalue weighted by Gasteiger charge is 2.04. The van der Waals surface area contributed by atoms with Crippen molar-refractivity contribution in [2.45, 2.75) is 13.3 Å². The number of rotatable bonds is 4. The molecule has 0 bridgehead atoms. The van der Waals surface area contributed by atoms with E-state index in [0.29, 0.717) is 5.71 Å². The number of nitrogens with one attached hydrogen (secondary N) is 1. The van der Waals surface area contributed by atoms with Crippen molar-refractivity contribution in [2.75, 3.05) is 7.05 Å². The number of quaternary nitrogens is 1. The van der Waals surface area contributed by atoms with E-state index in [1.807, 2.05) is 7.05 Å². The third kappa shape index (κ3) is 5.76. The fourth-order valence-corrected chi connectivity index (χ4v) is 0.829. The molecular formula is C7H12ClN2O+. The Bertz CT molecular complexity index is 199. The molecule has 0 spiro atoms. The van der Waals surface area contributed by atoms with Crippen LogP contribution in [0.4, 0.5) is 0 Å². The quantitative estimate of drug-likeness (QED) is 0.468. The molecule has 0 radical (unpaired) electrons. The number of hydrogen-bond acceptors (Lipinski definition) is 2. The van der Waals surface area contributed by atoms with Crippen molar-refractivity contribution in [3.05, 3.63) is 11.8 Å². The van der Waals surface area contributed by atoms with Gasteiger partial charge in [-0.2, -0.15) is 0 Å². The molecule has 0 heterocycles. The van der Waals surface area contributed by atoms with Crippen LogP contribution in [0.25, 0.3) is 0 Å². The third-order valence-electron chi connectivity index (χ3n) is 1.12. The molecule has 3 N–H and O–H groups in total. The van der Waals surface area contributed by atoms with Gasteiger partial charge in [-0.1, -0.05) is 0 Å². The number of nitrogens with two attached hydrogens (primary N) is 1. The van der Waals surface area contributed by atoms with Crippen LogP contribution in [0.5, 0.6) is 0 Å². The first-order valence-electron chi connectivity index (χ1n) is 3.29. The molecule has 0 aromatic rings. The summed E-state index contributed by atoms with van der Waals surface area (Å²) in [5.41, 5.74) is 1.22. The van der Waals surface area contributed by atoms with Crippen LogP contribution in [-0.4, -0.2) is 18.0 Å². The van der Waals surface area contributed by atoms with E-state index in [4.69, 9.17) is 17.0 Å². The summed E-state index contributed by atoms with van der Waals surface area (Å²) in [4.78, 5) is 10.4. The van der Waals surface area contributed by atoms with Crippen molar-refractivity contribution < 1.29 is 10.1 Å². The summed E-state index contributed by atoms with van der Waals surface area (Å²) in [6.07, 6.45) is 1.83. The first kappa shape index (κ1) is 10.3. The second-order valence-corrected chi connectivity index (χ2v) is 2.64. The van der Waals surface area contributed by atoms with Gasteiger partial charge in [0.05, 0.1) is 13.5 Å². The summed E-state index contributed by atoms with van der Waals surface area (Å²) in [5, 5.41) is 8.50. The first-order valence-corrected chi connectivity index (χ1v) is 3.67. The van der Waals surface area contributed by atoms with Crippen LogP contribution in [0.15, 0.2) is 11.8 Å². The minimum Gasteiger partial charge on any atom is -0.319 e. The van der Waals surface area contributed by atoms with Crippen molar-refractivity contribution in [3.63, 3.8) is 0 Å². The van der Waals surface area contributed by atoms with Gasteiger partial charge in [-0.15, -0.1) is 0 Å². The minimum absolute atomic E-state index is 0.203. The zero-order valence-corrected chi connectivity index (χ0v) is 7.40. The third-order valence-corrected chi connectivity index (χ3v) is 1.25. The summed E-state index contributed by atoms with van der Waals surface area (Å²) < 4.78 is 0. The van der Waals surface area contributed by atoms with Crippen molar-refractivity contribution in [3.8, 4) is 0 Å². The predicted octanol–water partition coefficient (Wildman–Crippen LogP) is 0.259. The highest BCUT2D eigenvalue weighted by Crippen LogP contribution is 1.95. The first-order chi connectivity index (χ1) is 5.06. The van der Waals surface area contributed by atoms with Gasteiger partial charge in [-0.3, -0.25) is 4.79 Å². The lowest BCUT2D eigenvalue weighted by atomic mass is 10.2. The maximum Gasteiger partial charge on any atom is 0.231 e. The predicted molar refractivity (Wildman–Crippen MR) is 44.8 cm³/mol. The Labute approximate surface area is 70.9 Å². The molecule has 0 amide bonds. The molecule has 0 atom stereocenters. The molecule has 0 unspecified atom stereocenters. The molecule has 3 nitrogen and oxygen atoms in total. The van der Waals surface area contributed by atoms with Crippen molar-refractivity contribution in [1.29, 1.82) is 5.41 Å². The Morgan fingerprint density at radius 3 is 2.55 bits per heavy atom. The van der Waals surface area contributed by atoms with Crippen molar-refractivity contribution in [2.24, 2.45) is 0 Å². The molecule has 0 saturated heterocycles. The number of hydrogen-bond donors (Lipinski definition) is 2. The Kier molecular flexibility index (Phi) is 4.74. The fourth-order valence-electron chi connectivity index (χ4n) is 0.675. The van der Waals surface area contributed by atoms with Crippen LogP contribution in [0, 0.1) is 5.41 Å². The van der Waals surface area contributed by atoms with Crippen molar-refractivity contribution in [1.82, 2.24) is 0 Å². The van der Waals surface area contributed by atoms with E-state index < -0.39 is 5.24 Å². The average molecular weight is 176 g/mol. The van der Waals surface area contributed by atoms with E-state index in [9.17, 15) is 4.79 Å². The van der Waals surface area contributed by atoms with Gasteiger partial charge in [0.1, 0.15) is 5.70 Å². The topological polar surface area (TPSA) is 57.5 Å². The van der Waals surface area contributed by atoms with E-state index in [-0.39, 0.29) is 6.42 Å². The van der Waals surface area contributed by atoms with Crippen LogP contribution < -0.4 is 5.32 Å². The molecule has 11 heavy (non-hydrogen) atoms. The monoisotopic (exact) mass is 175 g/mol. The summed E-state index contributed by atoms with van der Waals surface area (Å²) >= 11 is 5.16. The summed E-state index contributed by atoms with van der Waals surface area (Å²) in [7, 11) is 1.81. The molecule has 0 aliphatic heterocycles. The Morgan fingerprint density at radius 1 is 1.73 bits per heavy atom. The minimum atomic E-state index is -0.393. The molecule has 0 rings (SSSR count). The molecule has 0 fully saturated rings. The number of halogens is 1. The molecule has 0 aromatic heterocycles. The highest BCUT2D eigenvalue weighted by molar-refractivity contribution is 6.63. The normalized spacial score (nSPS) is 11.4. The maximum atomic E-state index is 10.4. The molecule has 0 aromatic carbocycles. The van der Waals surface area contributed by atoms with Gasteiger partial charge in [0.2, 0.25) is 5.24 Å². The van der Waals surface area contributed by atoms with E-state index in [1.165, 1.54) is 0 Å². The maximum absolute atomic E-state index is 10.4. The molecular weight excluding hydrogens is 164 g/mol. The van der Waals surface area contributed by atoms with E-state index in [1.54, 1.807) is 18.3 Å². The second-order valence-electron chi connectivity index (χ2n) is 2.22. The molecule has 0 saturated carbocycles. The number of carbonyl (C=O) groups excluding carboxylic acids is 1. The van der Waals surface area contributed by atoms with Crippen LogP contribution in [-0.2, 0) is 4.79 Å². The average Bonchev–Trinajstić information content (AvgIpc) is 1.84. The van der Waals surface area contributed by atoms with Crippen LogP contribution in [0.3, 0.4) is 0 Å². The van der Waals surface area contributed by atoms with Gasteiger partial charge in [-0.05, 0) is 18.5 Å².